The molecule has 0 unspecified atom stereocenters. The molecule has 0 heterocycles. The number of nitrogens with zero attached hydrogens (tertiary/aromatic N) is 1. The number of ether oxygens (including phenoxy) is 2. The summed E-state index contributed by atoms with van der Waals surface area (Å²) in [5.41, 5.74) is 0. The molecule has 0 aliphatic carbocycles. The van der Waals surface area contributed by atoms with Gasteiger partial charge in [0.15, 0.2) is 0 Å². The van der Waals surface area contributed by atoms with Gasteiger partial charge >= 0.3 is 5.97 Å². The Morgan fingerprint density at radius 1 is 1.09 bits per heavy atom. The van der Waals surface area contributed by atoms with Crippen molar-refractivity contribution in [3.05, 3.63) is 0 Å². The van der Waals surface area contributed by atoms with Crippen LogP contribution in [0.1, 0.15) is 34.1 Å². The van der Waals surface area contributed by atoms with Crippen LogP contribution in [-0.2, 0) is 24.4 Å². The maximum absolute atomic E-state index is 11.3. The van der Waals surface area contributed by atoms with Crippen LogP contribution in [-0.4, -0.2) is 75.2 Å². The normalized spacial score (nSPS) is 12.6. The summed E-state index contributed by atoms with van der Waals surface area (Å²) in [5, 5.41) is 0. The molecule has 0 radical (unpaired) electrons. The zero-order chi connectivity index (χ0) is 17.9. The number of quaternary nitrogens is 1. The second-order valence-electron chi connectivity index (χ2n) is 6.00. The Morgan fingerprint density at radius 2 is 1.70 bits per heavy atom. The third kappa shape index (κ3) is 10.6. The highest BCUT2D eigenvalue weighted by Crippen LogP contribution is 2.08. The van der Waals surface area contributed by atoms with Gasteiger partial charge in [-0.15, -0.1) is 0 Å². The molecule has 0 atom stereocenters. The van der Waals surface area contributed by atoms with Crippen LogP contribution in [0, 0.1) is 5.92 Å². The Hall–Kier alpha value is -0.700. The van der Waals surface area contributed by atoms with E-state index in [1.54, 1.807) is 13.8 Å². The lowest BCUT2D eigenvalue weighted by molar-refractivity contribution is -0.925. The van der Waals surface area contributed by atoms with E-state index in [1.807, 2.05) is 0 Å². The van der Waals surface area contributed by atoms with Crippen LogP contribution in [0.15, 0.2) is 0 Å². The number of hydrogen-bond donors (Lipinski definition) is 1. The molecular formula is C15H32NO6S+. The van der Waals surface area contributed by atoms with Gasteiger partial charge in [0.05, 0.1) is 44.5 Å². The monoisotopic (exact) mass is 354 g/mol. The number of rotatable bonds is 13. The summed E-state index contributed by atoms with van der Waals surface area (Å²) in [6.45, 7) is 12.0. The fraction of sp³-hybridized carbons (Fsp3) is 0.933. The Bertz CT molecular complexity index is 431. The molecule has 0 aliphatic rings. The van der Waals surface area contributed by atoms with Gasteiger partial charge in [-0.2, -0.15) is 8.42 Å². The van der Waals surface area contributed by atoms with Gasteiger partial charge < -0.3 is 14.0 Å². The Kier molecular flexibility index (Phi) is 10.6. The molecule has 0 fully saturated rings. The van der Waals surface area contributed by atoms with Gasteiger partial charge in [-0.25, -0.2) is 0 Å². The predicted octanol–water partition coefficient (Wildman–Crippen LogP) is 1.34. The molecule has 0 aromatic rings. The van der Waals surface area contributed by atoms with E-state index in [0.29, 0.717) is 26.2 Å². The molecule has 0 aliphatic heterocycles. The van der Waals surface area contributed by atoms with Crippen molar-refractivity contribution in [3.8, 4) is 0 Å². The molecule has 0 bridgehead atoms. The van der Waals surface area contributed by atoms with E-state index >= 15 is 0 Å². The molecule has 138 valence electrons. The standard InChI is InChI=1S/C15H31NO6S/c1-5-16(6-2,8-7-13-23(18,19)20)9-10-21-11-12-22-15(17)14(3)4/h14H,5-13H2,1-4H3/p+1. The van der Waals surface area contributed by atoms with Crippen molar-refractivity contribution in [3.63, 3.8) is 0 Å². The summed E-state index contributed by atoms with van der Waals surface area (Å²) in [6.07, 6.45) is 0.423. The molecule has 8 heteroatoms. The second-order valence-corrected chi connectivity index (χ2v) is 7.57. The Balaban J connectivity index is 4.06. The maximum atomic E-state index is 11.3. The highest BCUT2D eigenvalue weighted by molar-refractivity contribution is 7.85. The highest BCUT2D eigenvalue weighted by Gasteiger charge is 2.23. The summed E-state index contributed by atoms with van der Waals surface area (Å²) in [7, 11) is -3.90. The number of hydrogen-bond acceptors (Lipinski definition) is 5. The number of likely N-dealkylation sites (N-methyl/N-ethyl adjacent to an activating group) is 1. The lowest BCUT2D eigenvalue weighted by atomic mass is 10.2. The largest absolute Gasteiger partial charge is 0.463 e. The van der Waals surface area contributed by atoms with Crippen molar-refractivity contribution >= 4 is 16.1 Å². The second kappa shape index (κ2) is 11.0. The molecular weight excluding hydrogens is 322 g/mol. The predicted molar refractivity (Wildman–Crippen MR) is 88.7 cm³/mol. The van der Waals surface area contributed by atoms with Crippen molar-refractivity contribution in [2.45, 2.75) is 34.1 Å². The molecule has 0 saturated carbocycles. The molecule has 0 aromatic carbocycles. The van der Waals surface area contributed by atoms with Crippen LogP contribution < -0.4 is 0 Å². The first-order valence-corrected chi connectivity index (χ1v) is 9.81. The Morgan fingerprint density at radius 3 is 2.17 bits per heavy atom. The third-order valence-corrected chi connectivity index (χ3v) is 4.83. The van der Waals surface area contributed by atoms with Crippen LogP contribution in [0.3, 0.4) is 0 Å². The summed E-state index contributed by atoms with van der Waals surface area (Å²) >= 11 is 0. The smallest absolute Gasteiger partial charge is 0.308 e. The summed E-state index contributed by atoms with van der Waals surface area (Å²) in [6, 6.07) is 0. The van der Waals surface area contributed by atoms with Crippen LogP contribution in [0.5, 0.6) is 0 Å². The molecule has 23 heavy (non-hydrogen) atoms. The molecule has 0 saturated heterocycles. The zero-order valence-corrected chi connectivity index (χ0v) is 15.6. The molecule has 0 aromatic heterocycles. The van der Waals surface area contributed by atoms with Gasteiger partial charge in [-0.05, 0) is 13.8 Å². The SMILES string of the molecule is CC[N+](CC)(CCCS(=O)(=O)O)CCOCCOC(=O)C(C)C. The highest BCUT2D eigenvalue weighted by atomic mass is 32.2. The van der Waals surface area contributed by atoms with Gasteiger partial charge in [0.2, 0.25) is 0 Å². The van der Waals surface area contributed by atoms with Crippen molar-refractivity contribution in [1.82, 2.24) is 0 Å². The van der Waals surface area contributed by atoms with E-state index in [2.05, 4.69) is 13.8 Å². The van der Waals surface area contributed by atoms with Crippen molar-refractivity contribution in [2.75, 3.05) is 51.8 Å². The van der Waals surface area contributed by atoms with Crippen molar-refractivity contribution in [1.29, 1.82) is 0 Å². The van der Waals surface area contributed by atoms with E-state index in [0.717, 1.165) is 24.1 Å². The number of carbonyl (C=O) groups excluding carboxylic acids is 1. The molecule has 0 rings (SSSR count). The van der Waals surface area contributed by atoms with Crippen molar-refractivity contribution in [2.24, 2.45) is 5.92 Å². The topological polar surface area (TPSA) is 89.9 Å². The quantitative estimate of drug-likeness (QED) is 0.232. The fourth-order valence-corrected chi connectivity index (χ4v) is 2.77. The maximum Gasteiger partial charge on any atom is 0.308 e. The van der Waals surface area contributed by atoms with E-state index in [9.17, 15) is 13.2 Å². The number of carbonyl (C=O) groups is 1. The first kappa shape index (κ1) is 22.3. The number of esters is 1. The third-order valence-electron chi connectivity index (χ3n) is 4.03. The van der Waals surface area contributed by atoms with Gasteiger partial charge in [0.25, 0.3) is 10.1 Å². The minimum Gasteiger partial charge on any atom is -0.463 e. The minimum absolute atomic E-state index is 0.137. The van der Waals surface area contributed by atoms with Crippen LogP contribution in [0.2, 0.25) is 0 Å². The summed E-state index contributed by atoms with van der Waals surface area (Å²) in [5.74, 6) is -0.577. The van der Waals surface area contributed by atoms with Crippen LogP contribution in [0.4, 0.5) is 0 Å². The van der Waals surface area contributed by atoms with E-state index in [1.165, 1.54) is 0 Å². The average Bonchev–Trinajstić information content (AvgIpc) is 2.47. The molecule has 0 spiro atoms. The van der Waals surface area contributed by atoms with E-state index in [4.69, 9.17) is 14.0 Å². The van der Waals surface area contributed by atoms with Gasteiger partial charge in [-0.3, -0.25) is 9.35 Å². The first-order valence-electron chi connectivity index (χ1n) is 8.20. The van der Waals surface area contributed by atoms with Gasteiger partial charge in [0.1, 0.15) is 13.2 Å². The fourth-order valence-electron chi connectivity index (χ4n) is 2.28. The Labute approximate surface area is 140 Å². The van der Waals surface area contributed by atoms with Gasteiger partial charge in [-0.1, -0.05) is 13.8 Å². The molecule has 1 N–H and O–H groups in total. The summed E-state index contributed by atoms with van der Waals surface area (Å²) in [4.78, 5) is 11.3. The van der Waals surface area contributed by atoms with E-state index < -0.39 is 10.1 Å². The lowest BCUT2D eigenvalue weighted by Crippen LogP contribution is -2.50. The lowest BCUT2D eigenvalue weighted by Gasteiger charge is -2.36. The molecule has 7 nitrogen and oxygen atoms in total. The minimum atomic E-state index is -3.90. The average molecular weight is 354 g/mol. The van der Waals surface area contributed by atoms with Gasteiger partial charge in [0, 0.05) is 6.42 Å². The molecule has 0 amide bonds. The van der Waals surface area contributed by atoms with Crippen molar-refractivity contribution < 1.29 is 31.7 Å². The van der Waals surface area contributed by atoms with Crippen LogP contribution >= 0.6 is 0 Å². The first-order chi connectivity index (χ1) is 10.7. The van der Waals surface area contributed by atoms with E-state index in [-0.39, 0.29) is 24.2 Å². The zero-order valence-electron chi connectivity index (χ0n) is 14.8. The van der Waals surface area contributed by atoms with Crippen LogP contribution in [0.25, 0.3) is 0 Å². The summed E-state index contributed by atoms with van der Waals surface area (Å²) < 4.78 is 41.7.